The van der Waals surface area contributed by atoms with Crippen LogP contribution in [0.15, 0.2) is 53.7 Å². The maximum absolute atomic E-state index is 12.0. The summed E-state index contributed by atoms with van der Waals surface area (Å²) < 4.78 is 7.11. The third-order valence-corrected chi connectivity index (χ3v) is 3.10. The van der Waals surface area contributed by atoms with Crippen molar-refractivity contribution in [1.82, 2.24) is 25.0 Å². The molecule has 7 nitrogen and oxygen atoms in total. The molecule has 1 amide bonds. The summed E-state index contributed by atoms with van der Waals surface area (Å²) in [5.41, 5.74) is 0.900. The lowest BCUT2D eigenvalue weighted by atomic mass is 10.2. The SMILES string of the molecule is O=C(NCCCn1ccnc1)c1cc(-c2ccccn2)on1. The summed E-state index contributed by atoms with van der Waals surface area (Å²) in [4.78, 5) is 20.1. The van der Waals surface area contributed by atoms with E-state index in [0.29, 0.717) is 18.0 Å². The Morgan fingerprint density at radius 3 is 3.05 bits per heavy atom. The van der Waals surface area contributed by atoms with Crippen molar-refractivity contribution in [3.63, 3.8) is 0 Å². The highest BCUT2D eigenvalue weighted by atomic mass is 16.5. The normalized spacial score (nSPS) is 10.5. The van der Waals surface area contributed by atoms with Crippen molar-refractivity contribution in [2.24, 2.45) is 0 Å². The second kappa shape index (κ2) is 6.66. The zero-order valence-corrected chi connectivity index (χ0v) is 11.8. The first-order valence-electron chi connectivity index (χ1n) is 6.95. The number of imidazole rings is 1. The molecule has 0 saturated heterocycles. The second-order valence-electron chi connectivity index (χ2n) is 4.70. The van der Waals surface area contributed by atoms with Crippen molar-refractivity contribution in [1.29, 1.82) is 0 Å². The largest absolute Gasteiger partial charge is 0.354 e. The molecule has 0 bridgehead atoms. The second-order valence-corrected chi connectivity index (χ2v) is 4.70. The molecule has 0 radical (unpaired) electrons. The number of carbonyl (C=O) groups excluding carboxylic acids is 1. The molecule has 0 fully saturated rings. The Bertz CT molecular complexity index is 721. The van der Waals surface area contributed by atoms with Crippen molar-refractivity contribution in [3.05, 3.63) is 54.9 Å². The van der Waals surface area contributed by atoms with Crippen molar-refractivity contribution < 1.29 is 9.32 Å². The molecule has 0 aliphatic heterocycles. The van der Waals surface area contributed by atoms with Crippen LogP contribution in [0.5, 0.6) is 0 Å². The van der Waals surface area contributed by atoms with Crippen molar-refractivity contribution >= 4 is 5.91 Å². The summed E-state index contributed by atoms with van der Waals surface area (Å²) >= 11 is 0. The number of aryl methyl sites for hydroxylation is 1. The average Bonchev–Trinajstić information content (AvgIpc) is 3.24. The van der Waals surface area contributed by atoms with Crippen LogP contribution in [0.3, 0.4) is 0 Å². The van der Waals surface area contributed by atoms with E-state index >= 15 is 0 Å². The fourth-order valence-electron chi connectivity index (χ4n) is 1.98. The highest BCUT2D eigenvalue weighted by Gasteiger charge is 2.13. The van der Waals surface area contributed by atoms with Gasteiger partial charge in [0.25, 0.3) is 5.91 Å². The van der Waals surface area contributed by atoms with Gasteiger partial charge < -0.3 is 14.4 Å². The highest BCUT2D eigenvalue weighted by Crippen LogP contribution is 2.17. The third kappa shape index (κ3) is 3.38. The molecule has 0 spiro atoms. The van der Waals surface area contributed by atoms with Gasteiger partial charge in [0.2, 0.25) is 0 Å². The zero-order valence-electron chi connectivity index (χ0n) is 11.8. The molecule has 0 aromatic carbocycles. The first kappa shape index (κ1) is 14.0. The number of rotatable bonds is 6. The summed E-state index contributed by atoms with van der Waals surface area (Å²) in [5.74, 6) is 0.223. The van der Waals surface area contributed by atoms with E-state index in [1.165, 1.54) is 0 Å². The van der Waals surface area contributed by atoms with Crippen LogP contribution in [0.25, 0.3) is 11.5 Å². The molecule has 0 atom stereocenters. The summed E-state index contributed by atoms with van der Waals surface area (Å²) in [6, 6.07) is 7.05. The zero-order chi connectivity index (χ0) is 15.2. The van der Waals surface area contributed by atoms with Crippen LogP contribution in [0.2, 0.25) is 0 Å². The van der Waals surface area contributed by atoms with Gasteiger partial charge in [-0.05, 0) is 18.6 Å². The van der Waals surface area contributed by atoms with Gasteiger partial charge in [0.05, 0.1) is 6.33 Å². The number of pyridine rings is 1. The highest BCUT2D eigenvalue weighted by molar-refractivity contribution is 5.92. The molecule has 3 rings (SSSR count). The Balaban J connectivity index is 1.51. The lowest BCUT2D eigenvalue weighted by molar-refractivity contribution is 0.0944. The monoisotopic (exact) mass is 297 g/mol. The predicted molar refractivity (Wildman–Crippen MR) is 78.9 cm³/mol. The van der Waals surface area contributed by atoms with E-state index in [1.807, 2.05) is 22.9 Å². The number of hydrogen-bond donors (Lipinski definition) is 1. The van der Waals surface area contributed by atoms with Gasteiger partial charge in [0.1, 0.15) is 5.69 Å². The topological polar surface area (TPSA) is 85.8 Å². The van der Waals surface area contributed by atoms with Gasteiger partial charge in [0.15, 0.2) is 11.5 Å². The molecule has 3 aromatic heterocycles. The van der Waals surface area contributed by atoms with Crippen molar-refractivity contribution in [2.45, 2.75) is 13.0 Å². The first-order valence-corrected chi connectivity index (χ1v) is 6.95. The lowest BCUT2D eigenvalue weighted by Gasteiger charge is -2.03. The first-order chi connectivity index (χ1) is 10.8. The number of hydrogen-bond acceptors (Lipinski definition) is 5. The van der Waals surface area contributed by atoms with Crippen molar-refractivity contribution in [2.75, 3.05) is 6.54 Å². The Hall–Kier alpha value is -2.96. The molecule has 0 aliphatic carbocycles. The summed E-state index contributed by atoms with van der Waals surface area (Å²) in [6.45, 7) is 1.36. The smallest absolute Gasteiger partial charge is 0.273 e. The maximum atomic E-state index is 12.0. The van der Waals surface area contributed by atoms with Gasteiger partial charge in [0, 0.05) is 37.7 Å². The Morgan fingerprint density at radius 2 is 2.27 bits per heavy atom. The quantitative estimate of drug-likeness (QED) is 0.701. The summed E-state index contributed by atoms with van der Waals surface area (Å²) in [5, 5.41) is 6.59. The van der Waals surface area contributed by atoms with Crippen LogP contribution in [0.4, 0.5) is 0 Å². The molecule has 22 heavy (non-hydrogen) atoms. The van der Waals surface area contributed by atoms with Crippen LogP contribution in [0, 0.1) is 0 Å². The fraction of sp³-hybridized carbons (Fsp3) is 0.200. The number of carbonyl (C=O) groups is 1. The number of nitrogens with one attached hydrogen (secondary N) is 1. The fourth-order valence-corrected chi connectivity index (χ4v) is 1.98. The maximum Gasteiger partial charge on any atom is 0.273 e. The van der Waals surface area contributed by atoms with Gasteiger partial charge in [-0.3, -0.25) is 9.78 Å². The molecular weight excluding hydrogens is 282 g/mol. The molecule has 112 valence electrons. The standard InChI is InChI=1S/C15H15N5O2/c21-15(18-6-3-8-20-9-7-16-11-20)13-10-14(22-19-13)12-4-1-2-5-17-12/h1-2,4-5,7,9-11H,3,6,8H2,(H,18,21). The molecule has 0 aliphatic rings. The number of nitrogens with zero attached hydrogens (tertiary/aromatic N) is 4. The molecule has 1 N–H and O–H groups in total. The van der Waals surface area contributed by atoms with Crippen molar-refractivity contribution in [3.8, 4) is 11.5 Å². The lowest BCUT2D eigenvalue weighted by Crippen LogP contribution is -2.25. The van der Waals surface area contributed by atoms with Crippen LogP contribution in [0.1, 0.15) is 16.9 Å². The Labute approximate surface area is 127 Å². The van der Waals surface area contributed by atoms with E-state index in [9.17, 15) is 4.79 Å². The van der Waals surface area contributed by atoms with Crippen LogP contribution >= 0.6 is 0 Å². The number of amides is 1. The summed E-state index contributed by atoms with van der Waals surface area (Å²) in [6.07, 6.45) is 7.84. The van der Waals surface area contributed by atoms with E-state index in [0.717, 1.165) is 13.0 Å². The van der Waals surface area contributed by atoms with E-state index in [-0.39, 0.29) is 11.6 Å². The minimum Gasteiger partial charge on any atom is -0.354 e. The molecular formula is C15H15N5O2. The van der Waals surface area contributed by atoms with E-state index in [1.54, 1.807) is 30.9 Å². The Kier molecular flexibility index (Phi) is 4.24. The van der Waals surface area contributed by atoms with Gasteiger partial charge in [-0.25, -0.2) is 4.98 Å². The van der Waals surface area contributed by atoms with Gasteiger partial charge in [-0.15, -0.1) is 0 Å². The predicted octanol–water partition coefficient (Wildman–Crippen LogP) is 1.75. The van der Waals surface area contributed by atoms with E-state index in [2.05, 4.69) is 20.4 Å². The third-order valence-electron chi connectivity index (χ3n) is 3.10. The minimum atomic E-state index is -0.253. The van der Waals surface area contributed by atoms with Gasteiger partial charge in [-0.1, -0.05) is 11.2 Å². The average molecular weight is 297 g/mol. The van der Waals surface area contributed by atoms with Crippen LogP contribution < -0.4 is 5.32 Å². The van der Waals surface area contributed by atoms with E-state index < -0.39 is 0 Å². The van der Waals surface area contributed by atoms with Crippen LogP contribution in [-0.4, -0.2) is 32.1 Å². The summed E-state index contributed by atoms with van der Waals surface area (Å²) in [7, 11) is 0. The van der Waals surface area contributed by atoms with Gasteiger partial charge >= 0.3 is 0 Å². The minimum absolute atomic E-state index is 0.253. The molecule has 3 aromatic rings. The molecule has 3 heterocycles. The van der Waals surface area contributed by atoms with Gasteiger partial charge in [-0.2, -0.15) is 0 Å². The van der Waals surface area contributed by atoms with Crippen LogP contribution in [-0.2, 0) is 6.54 Å². The van der Waals surface area contributed by atoms with E-state index in [4.69, 9.17) is 4.52 Å². The molecule has 0 saturated carbocycles. The Morgan fingerprint density at radius 1 is 1.32 bits per heavy atom. The number of aromatic nitrogens is 4. The molecule has 7 heteroatoms. The molecule has 0 unspecified atom stereocenters.